The van der Waals surface area contributed by atoms with E-state index in [9.17, 15) is 14.0 Å². The Hall–Kier alpha value is -2.93. The molecule has 174 valence electrons. The number of amides is 1. The predicted octanol–water partition coefficient (Wildman–Crippen LogP) is 5.21. The quantitative estimate of drug-likeness (QED) is 0.344. The van der Waals surface area contributed by atoms with E-state index in [0.717, 1.165) is 18.4 Å². The lowest BCUT2D eigenvalue weighted by molar-refractivity contribution is -0.149. The van der Waals surface area contributed by atoms with Crippen molar-refractivity contribution in [3.63, 3.8) is 0 Å². The molecule has 0 radical (unpaired) electrons. The van der Waals surface area contributed by atoms with Gasteiger partial charge in [0.15, 0.2) is 0 Å². The van der Waals surface area contributed by atoms with Gasteiger partial charge in [-0.15, -0.1) is 0 Å². The van der Waals surface area contributed by atoms with Gasteiger partial charge in [0.2, 0.25) is 0 Å². The molecule has 6 nitrogen and oxygen atoms in total. The number of piperidine rings is 1. The maximum Gasteiger partial charge on any atom is 0.309 e. The van der Waals surface area contributed by atoms with Gasteiger partial charge >= 0.3 is 5.97 Å². The summed E-state index contributed by atoms with van der Waals surface area (Å²) >= 11 is 6.36. The van der Waals surface area contributed by atoms with Crippen molar-refractivity contribution in [2.24, 2.45) is 5.92 Å². The monoisotopic (exact) mass is 471 g/mol. The van der Waals surface area contributed by atoms with Crippen molar-refractivity contribution in [3.05, 3.63) is 63.9 Å². The van der Waals surface area contributed by atoms with Gasteiger partial charge in [-0.05, 0) is 62.3 Å². The number of carbonyl (C=O) groups excluding carboxylic acids is 2. The van der Waals surface area contributed by atoms with Crippen molar-refractivity contribution in [2.75, 3.05) is 25.0 Å². The van der Waals surface area contributed by atoms with E-state index >= 15 is 0 Å². The number of benzene rings is 2. The van der Waals surface area contributed by atoms with Gasteiger partial charge in [0.1, 0.15) is 11.7 Å². The molecule has 1 amide bonds. The molecule has 0 aromatic heterocycles. The molecule has 2 N–H and O–H groups in total. The van der Waals surface area contributed by atoms with Crippen LogP contribution in [0.25, 0.3) is 0 Å². The highest BCUT2D eigenvalue weighted by molar-refractivity contribution is 6.34. The zero-order valence-corrected chi connectivity index (χ0v) is 19.3. The van der Waals surface area contributed by atoms with Gasteiger partial charge in [-0.2, -0.15) is 0 Å². The van der Waals surface area contributed by atoms with Crippen LogP contribution >= 0.6 is 11.6 Å². The molecular weight excluding hydrogens is 445 g/mol. The van der Waals surface area contributed by atoms with Gasteiger partial charge in [-0.25, -0.2) is 4.39 Å². The first-order valence-electron chi connectivity index (χ1n) is 11.3. The van der Waals surface area contributed by atoms with Gasteiger partial charge in [0.25, 0.3) is 5.91 Å². The highest BCUT2D eigenvalue weighted by Crippen LogP contribution is 2.43. The normalized spacial score (nSPS) is 16.4. The summed E-state index contributed by atoms with van der Waals surface area (Å²) in [7, 11) is 0. The van der Waals surface area contributed by atoms with Crippen LogP contribution in [0.4, 0.5) is 10.1 Å². The van der Waals surface area contributed by atoms with Crippen molar-refractivity contribution >= 4 is 35.0 Å². The van der Waals surface area contributed by atoms with Crippen molar-refractivity contribution in [1.29, 1.82) is 5.41 Å². The molecule has 2 fully saturated rings. The summed E-state index contributed by atoms with van der Waals surface area (Å²) in [4.78, 5) is 26.9. The largest absolute Gasteiger partial charge is 0.466 e. The van der Waals surface area contributed by atoms with Crippen LogP contribution in [0.15, 0.2) is 36.4 Å². The molecule has 1 aliphatic carbocycles. The summed E-state index contributed by atoms with van der Waals surface area (Å²) in [6.07, 6.45) is 3.08. The zero-order chi connectivity index (χ0) is 23.5. The van der Waals surface area contributed by atoms with Crippen molar-refractivity contribution < 1.29 is 18.7 Å². The Morgan fingerprint density at radius 2 is 1.82 bits per heavy atom. The number of rotatable bonds is 6. The molecule has 1 heterocycles. The molecule has 0 unspecified atom stereocenters. The van der Waals surface area contributed by atoms with E-state index in [1.54, 1.807) is 24.0 Å². The standard InChI is InChI=1S/C25H27ClFN3O3/c1-2-33-25(32)16-11-13-30(14-12-16)23(28)22-19(27)7-4-8-20(22)29-24(31)21-17(15-9-10-15)5-3-6-18(21)26/h3-8,15-16,28H,2,9-14H2,1H3,(H,29,31). The first kappa shape index (κ1) is 23.2. The van der Waals surface area contributed by atoms with Crippen LogP contribution in [0, 0.1) is 17.1 Å². The van der Waals surface area contributed by atoms with Gasteiger partial charge in [0, 0.05) is 13.1 Å². The molecule has 1 saturated heterocycles. The van der Waals surface area contributed by atoms with E-state index in [1.807, 2.05) is 12.1 Å². The highest BCUT2D eigenvalue weighted by Gasteiger charge is 2.31. The summed E-state index contributed by atoms with van der Waals surface area (Å²) in [6.45, 7) is 2.97. The molecule has 4 rings (SSSR count). The Morgan fingerprint density at radius 3 is 2.48 bits per heavy atom. The number of likely N-dealkylation sites (tertiary alicyclic amines) is 1. The summed E-state index contributed by atoms with van der Waals surface area (Å²) in [5.74, 6) is -1.15. The highest BCUT2D eigenvalue weighted by atomic mass is 35.5. The predicted molar refractivity (Wildman–Crippen MR) is 126 cm³/mol. The summed E-state index contributed by atoms with van der Waals surface area (Å²) in [5.41, 5.74) is 1.55. The number of carbonyl (C=O) groups is 2. The molecule has 0 spiro atoms. The van der Waals surface area contributed by atoms with Crippen molar-refractivity contribution in [3.8, 4) is 0 Å². The topological polar surface area (TPSA) is 82.5 Å². The second-order valence-electron chi connectivity index (χ2n) is 8.46. The van der Waals surface area contributed by atoms with Crippen LogP contribution < -0.4 is 5.32 Å². The molecule has 33 heavy (non-hydrogen) atoms. The third kappa shape index (κ3) is 5.03. The number of amidine groups is 1. The molecule has 0 atom stereocenters. The van der Waals surface area contributed by atoms with Crippen LogP contribution in [0.3, 0.4) is 0 Å². The van der Waals surface area contributed by atoms with E-state index < -0.39 is 11.7 Å². The summed E-state index contributed by atoms with van der Waals surface area (Å²) in [6, 6.07) is 9.77. The molecule has 2 aliphatic rings. The molecule has 1 aliphatic heterocycles. The number of halogens is 2. The lowest BCUT2D eigenvalue weighted by atomic mass is 9.96. The number of ether oxygens (including phenoxy) is 1. The maximum atomic E-state index is 14.9. The van der Waals surface area contributed by atoms with Crippen LogP contribution in [-0.2, 0) is 9.53 Å². The van der Waals surface area contributed by atoms with Crippen LogP contribution in [0.2, 0.25) is 5.02 Å². The minimum absolute atomic E-state index is 0.0210. The minimum Gasteiger partial charge on any atom is -0.466 e. The molecule has 2 aromatic carbocycles. The van der Waals surface area contributed by atoms with Gasteiger partial charge < -0.3 is 15.0 Å². The second-order valence-corrected chi connectivity index (χ2v) is 8.86. The third-order valence-corrected chi connectivity index (χ3v) is 6.53. The van der Waals surface area contributed by atoms with E-state index in [1.165, 1.54) is 12.1 Å². The van der Waals surface area contributed by atoms with Gasteiger partial charge in [-0.1, -0.05) is 29.8 Å². The van der Waals surface area contributed by atoms with Crippen molar-refractivity contribution in [1.82, 2.24) is 4.90 Å². The fourth-order valence-electron chi connectivity index (χ4n) is 4.33. The Labute approximate surface area is 197 Å². The second kappa shape index (κ2) is 9.91. The Balaban J connectivity index is 1.53. The molecule has 8 heteroatoms. The number of nitrogens with zero attached hydrogens (tertiary/aromatic N) is 1. The third-order valence-electron chi connectivity index (χ3n) is 6.22. The number of hydrogen-bond acceptors (Lipinski definition) is 4. The SMILES string of the molecule is CCOC(=O)C1CCN(C(=N)c2c(F)cccc2NC(=O)c2c(Cl)cccc2C2CC2)CC1. The lowest BCUT2D eigenvalue weighted by Gasteiger charge is -2.33. The fraction of sp³-hybridized carbons (Fsp3) is 0.400. The number of nitrogens with one attached hydrogen (secondary N) is 2. The van der Waals surface area contributed by atoms with E-state index in [2.05, 4.69) is 5.32 Å². The first-order valence-corrected chi connectivity index (χ1v) is 11.7. The van der Waals surface area contributed by atoms with E-state index in [0.29, 0.717) is 49.0 Å². The fourth-order valence-corrected chi connectivity index (χ4v) is 4.59. The Kier molecular flexibility index (Phi) is 6.98. The van der Waals surface area contributed by atoms with Gasteiger partial charge in [0.05, 0.1) is 34.4 Å². The molecule has 0 bridgehead atoms. The number of hydrogen-bond donors (Lipinski definition) is 2. The maximum absolute atomic E-state index is 14.9. The average Bonchev–Trinajstić information content (AvgIpc) is 3.64. The first-order chi connectivity index (χ1) is 15.9. The van der Waals surface area contributed by atoms with Gasteiger partial charge in [-0.3, -0.25) is 15.0 Å². The van der Waals surface area contributed by atoms with E-state index in [-0.39, 0.29) is 29.0 Å². The molecular formula is C25H27ClFN3O3. The summed E-state index contributed by atoms with van der Waals surface area (Å²) < 4.78 is 20.0. The van der Waals surface area contributed by atoms with Crippen LogP contribution in [0.1, 0.15) is 60.0 Å². The van der Waals surface area contributed by atoms with Crippen LogP contribution in [0.5, 0.6) is 0 Å². The molecule has 1 saturated carbocycles. The minimum atomic E-state index is -0.591. The smallest absolute Gasteiger partial charge is 0.309 e. The van der Waals surface area contributed by atoms with Crippen LogP contribution in [-0.4, -0.2) is 42.3 Å². The zero-order valence-electron chi connectivity index (χ0n) is 18.5. The number of anilines is 1. The van der Waals surface area contributed by atoms with Crippen molar-refractivity contribution in [2.45, 2.75) is 38.5 Å². The Bertz CT molecular complexity index is 1080. The Morgan fingerprint density at radius 1 is 1.12 bits per heavy atom. The number of esters is 1. The lowest BCUT2D eigenvalue weighted by Crippen LogP contribution is -2.41. The average molecular weight is 472 g/mol. The molecule has 2 aromatic rings. The summed E-state index contributed by atoms with van der Waals surface area (Å²) in [5, 5.41) is 11.8. The van der Waals surface area contributed by atoms with E-state index in [4.69, 9.17) is 21.7 Å².